The smallest absolute Gasteiger partial charge is 0.194 e. The Balaban J connectivity index is 2.44. The number of benzene rings is 1. The number of carbonyl (C=O) groups excluding carboxylic acids is 1. The Morgan fingerprint density at radius 2 is 1.94 bits per heavy atom. The van der Waals surface area contributed by atoms with Crippen LogP contribution in [-0.4, -0.2) is 17.9 Å². The highest BCUT2D eigenvalue weighted by Crippen LogP contribution is 2.18. The van der Waals surface area contributed by atoms with Gasteiger partial charge in [0.25, 0.3) is 0 Å². The molecule has 0 unspecified atom stereocenters. The largest absolute Gasteiger partial charge is 0.495 e. The summed E-state index contributed by atoms with van der Waals surface area (Å²) in [4.78, 5) is 16.4. The normalized spacial score (nSPS) is 10.2. The van der Waals surface area contributed by atoms with Crippen LogP contribution in [0.5, 0.6) is 5.75 Å². The Morgan fingerprint density at radius 3 is 2.67 bits per heavy atom. The number of aromatic nitrogens is 1. The van der Waals surface area contributed by atoms with Crippen LogP contribution in [0.3, 0.4) is 0 Å². The van der Waals surface area contributed by atoms with E-state index in [1.54, 1.807) is 25.6 Å². The highest BCUT2D eigenvalue weighted by Gasteiger charge is 2.13. The van der Waals surface area contributed by atoms with Crippen molar-refractivity contribution in [3.05, 3.63) is 58.9 Å². The Bertz CT molecular complexity index is 591. The van der Waals surface area contributed by atoms with Gasteiger partial charge in [0, 0.05) is 17.3 Å². The average molecular weight is 241 g/mol. The lowest BCUT2D eigenvalue weighted by Crippen LogP contribution is -2.05. The van der Waals surface area contributed by atoms with Gasteiger partial charge in [-0.3, -0.25) is 9.78 Å². The van der Waals surface area contributed by atoms with Gasteiger partial charge in [-0.15, -0.1) is 0 Å². The third-order valence-corrected chi connectivity index (χ3v) is 2.85. The van der Waals surface area contributed by atoms with Crippen LogP contribution < -0.4 is 4.74 Å². The topological polar surface area (TPSA) is 39.2 Å². The zero-order chi connectivity index (χ0) is 13.1. The molecule has 0 amide bonds. The van der Waals surface area contributed by atoms with Crippen LogP contribution in [0, 0.1) is 13.8 Å². The van der Waals surface area contributed by atoms with Crippen LogP contribution in [-0.2, 0) is 0 Å². The number of carbonyl (C=O) groups is 1. The van der Waals surface area contributed by atoms with Crippen molar-refractivity contribution < 1.29 is 9.53 Å². The Kier molecular flexibility index (Phi) is 3.42. The molecule has 1 heterocycles. The number of pyridine rings is 1. The van der Waals surface area contributed by atoms with Crippen molar-refractivity contribution in [1.29, 1.82) is 0 Å². The van der Waals surface area contributed by atoms with Crippen LogP contribution in [0.15, 0.2) is 36.7 Å². The zero-order valence-electron chi connectivity index (χ0n) is 10.7. The molecule has 0 saturated heterocycles. The van der Waals surface area contributed by atoms with Gasteiger partial charge in [-0.25, -0.2) is 0 Å². The molecular weight excluding hydrogens is 226 g/mol. The van der Waals surface area contributed by atoms with Crippen molar-refractivity contribution in [3.63, 3.8) is 0 Å². The minimum Gasteiger partial charge on any atom is -0.495 e. The second-order valence-corrected chi connectivity index (χ2v) is 4.26. The predicted octanol–water partition coefficient (Wildman–Crippen LogP) is 2.94. The molecule has 2 aromatic rings. The summed E-state index contributed by atoms with van der Waals surface area (Å²) in [6.45, 7) is 3.90. The monoisotopic (exact) mass is 241 g/mol. The number of hydrogen-bond acceptors (Lipinski definition) is 3. The molecule has 0 fully saturated rings. The van der Waals surface area contributed by atoms with Crippen molar-refractivity contribution in [1.82, 2.24) is 4.98 Å². The standard InChI is InChI=1S/C15H15NO2/c1-10-4-5-11(2)14(6-10)15(17)12-7-13(18-3)9-16-8-12/h4-9H,1-3H3. The number of hydrogen-bond donors (Lipinski definition) is 0. The first-order valence-electron chi connectivity index (χ1n) is 5.73. The summed E-state index contributed by atoms with van der Waals surface area (Å²) < 4.78 is 5.08. The summed E-state index contributed by atoms with van der Waals surface area (Å²) in [5.41, 5.74) is 3.29. The molecule has 0 saturated carbocycles. The highest BCUT2D eigenvalue weighted by molar-refractivity contribution is 6.10. The molecule has 0 bridgehead atoms. The molecule has 3 nitrogen and oxygen atoms in total. The summed E-state index contributed by atoms with van der Waals surface area (Å²) >= 11 is 0. The number of ether oxygens (including phenoxy) is 1. The average Bonchev–Trinajstić information content (AvgIpc) is 2.41. The molecule has 0 radical (unpaired) electrons. The van der Waals surface area contributed by atoms with Crippen molar-refractivity contribution in [3.8, 4) is 5.75 Å². The van der Waals surface area contributed by atoms with E-state index >= 15 is 0 Å². The lowest BCUT2D eigenvalue weighted by Gasteiger charge is -2.07. The third kappa shape index (κ3) is 2.40. The van der Waals surface area contributed by atoms with Crippen molar-refractivity contribution in [2.75, 3.05) is 7.11 Å². The number of nitrogens with zero attached hydrogens (tertiary/aromatic N) is 1. The highest BCUT2D eigenvalue weighted by atomic mass is 16.5. The second-order valence-electron chi connectivity index (χ2n) is 4.26. The van der Waals surface area contributed by atoms with Gasteiger partial charge in [0.15, 0.2) is 5.78 Å². The quantitative estimate of drug-likeness (QED) is 0.775. The van der Waals surface area contributed by atoms with Gasteiger partial charge in [-0.2, -0.15) is 0 Å². The van der Waals surface area contributed by atoms with Crippen LogP contribution in [0.1, 0.15) is 27.0 Å². The van der Waals surface area contributed by atoms with Gasteiger partial charge in [-0.05, 0) is 31.5 Å². The second kappa shape index (κ2) is 5.00. The van der Waals surface area contributed by atoms with Crippen molar-refractivity contribution in [2.45, 2.75) is 13.8 Å². The van der Waals surface area contributed by atoms with Gasteiger partial charge in [-0.1, -0.05) is 17.7 Å². The molecule has 0 spiro atoms. The maximum Gasteiger partial charge on any atom is 0.194 e. The van der Waals surface area contributed by atoms with Crippen LogP contribution in [0.2, 0.25) is 0 Å². The fourth-order valence-electron chi connectivity index (χ4n) is 1.79. The number of rotatable bonds is 3. The molecule has 2 rings (SSSR count). The van der Waals surface area contributed by atoms with E-state index in [0.717, 1.165) is 11.1 Å². The minimum absolute atomic E-state index is 0.0254. The first-order chi connectivity index (χ1) is 8.61. The third-order valence-electron chi connectivity index (χ3n) is 2.85. The minimum atomic E-state index is -0.0254. The molecule has 0 aliphatic carbocycles. The summed E-state index contributed by atoms with van der Waals surface area (Å²) in [6.07, 6.45) is 3.15. The molecule has 0 aliphatic rings. The first-order valence-corrected chi connectivity index (χ1v) is 5.73. The van der Waals surface area contributed by atoms with E-state index in [1.165, 1.54) is 0 Å². The number of aryl methyl sites for hydroxylation is 2. The summed E-state index contributed by atoms with van der Waals surface area (Å²) in [6, 6.07) is 7.56. The van der Waals surface area contributed by atoms with E-state index in [0.29, 0.717) is 16.9 Å². The maximum atomic E-state index is 12.4. The van der Waals surface area contributed by atoms with E-state index in [4.69, 9.17) is 4.74 Å². The van der Waals surface area contributed by atoms with Crippen molar-refractivity contribution in [2.24, 2.45) is 0 Å². The van der Waals surface area contributed by atoms with Crippen LogP contribution in [0.4, 0.5) is 0 Å². The molecule has 1 aromatic carbocycles. The Morgan fingerprint density at radius 1 is 1.17 bits per heavy atom. The molecule has 1 aromatic heterocycles. The van der Waals surface area contributed by atoms with Crippen LogP contribution in [0.25, 0.3) is 0 Å². The summed E-state index contributed by atoms with van der Waals surface area (Å²) in [5, 5.41) is 0. The Hall–Kier alpha value is -2.16. The molecule has 3 heteroatoms. The molecule has 0 N–H and O–H groups in total. The summed E-state index contributed by atoms with van der Waals surface area (Å²) in [5.74, 6) is 0.564. The lowest BCUT2D eigenvalue weighted by molar-refractivity contribution is 0.103. The van der Waals surface area contributed by atoms with E-state index in [9.17, 15) is 4.79 Å². The van der Waals surface area contributed by atoms with Crippen LogP contribution >= 0.6 is 0 Å². The molecule has 0 aliphatic heterocycles. The predicted molar refractivity (Wildman–Crippen MR) is 70.1 cm³/mol. The van der Waals surface area contributed by atoms with E-state index < -0.39 is 0 Å². The maximum absolute atomic E-state index is 12.4. The van der Waals surface area contributed by atoms with Gasteiger partial charge >= 0.3 is 0 Å². The molecule has 92 valence electrons. The fraction of sp³-hybridized carbons (Fsp3) is 0.200. The molecule has 0 atom stereocenters. The molecule has 18 heavy (non-hydrogen) atoms. The SMILES string of the molecule is COc1cncc(C(=O)c2cc(C)ccc2C)c1. The first kappa shape index (κ1) is 12.3. The summed E-state index contributed by atoms with van der Waals surface area (Å²) in [7, 11) is 1.56. The van der Waals surface area contributed by atoms with E-state index in [-0.39, 0.29) is 5.78 Å². The fourth-order valence-corrected chi connectivity index (χ4v) is 1.79. The van der Waals surface area contributed by atoms with Gasteiger partial charge in [0.1, 0.15) is 5.75 Å². The van der Waals surface area contributed by atoms with E-state index in [2.05, 4.69) is 4.98 Å². The molecular formula is C15H15NO2. The zero-order valence-corrected chi connectivity index (χ0v) is 10.7. The van der Waals surface area contributed by atoms with Crippen molar-refractivity contribution >= 4 is 5.78 Å². The lowest BCUT2D eigenvalue weighted by atomic mass is 9.98. The number of methoxy groups -OCH3 is 1. The van der Waals surface area contributed by atoms with Gasteiger partial charge in [0.2, 0.25) is 0 Å². The van der Waals surface area contributed by atoms with Gasteiger partial charge < -0.3 is 4.74 Å². The Labute approximate surface area is 106 Å². The van der Waals surface area contributed by atoms with Gasteiger partial charge in [0.05, 0.1) is 13.3 Å². The van der Waals surface area contributed by atoms with E-state index in [1.807, 2.05) is 32.0 Å². The number of ketones is 1.